The predicted molar refractivity (Wildman–Crippen MR) is 101 cm³/mol. The van der Waals surface area contributed by atoms with Gasteiger partial charge in [0.2, 0.25) is 0 Å². The quantitative estimate of drug-likeness (QED) is 0.642. The van der Waals surface area contributed by atoms with Gasteiger partial charge in [-0.25, -0.2) is 9.48 Å². The lowest BCUT2D eigenvalue weighted by atomic mass is 10.0. The number of hydrogen-bond donors (Lipinski definition) is 0. The molecule has 26 heavy (non-hydrogen) atoms. The van der Waals surface area contributed by atoms with Crippen molar-refractivity contribution in [2.24, 2.45) is 0 Å². The zero-order valence-electron chi connectivity index (χ0n) is 15.4. The fourth-order valence-electron chi connectivity index (χ4n) is 2.69. The number of aryl methyl sites for hydroxylation is 2. The average molecular weight is 350 g/mol. The Morgan fingerprint density at radius 3 is 2.38 bits per heavy atom. The van der Waals surface area contributed by atoms with Gasteiger partial charge in [0.15, 0.2) is 5.69 Å². The van der Waals surface area contributed by atoms with Gasteiger partial charge in [-0.2, -0.15) is 5.10 Å². The molecule has 0 aliphatic rings. The van der Waals surface area contributed by atoms with Crippen molar-refractivity contribution in [3.8, 4) is 22.7 Å². The summed E-state index contributed by atoms with van der Waals surface area (Å²) in [5.41, 5.74) is 5.25. The maximum atomic E-state index is 12.4. The summed E-state index contributed by atoms with van der Waals surface area (Å²) in [7, 11) is 1.62. The highest BCUT2D eigenvalue weighted by Gasteiger charge is 2.19. The van der Waals surface area contributed by atoms with Crippen molar-refractivity contribution in [2.45, 2.75) is 20.8 Å². The van der Waals surface area contributed by atoms with Crippen LogP contribution in [0, 0.1) is 13.8 Å². The van der Waals surface area contributed by atoms with Crippen LogP contribution in [0.5, 0.6) is 5.75 Å². The molecule has 2 aromatic carbocycles. The smallest absolute Gasteiger partial charge is 0.357 e. The lowest BCUT2D eigenvalue weighted by molar-refractivity contribution is 0.0515. The monoisotopic (exact) mass is 350 g/mol. The largest absolute Gasteiger partial charge is 0.497 e. The van der Waals surface area contributed by atoms with Gasteiger partial charge in [-0.05, 0) is 68.3 Å². The Balaban J connectivity index is 2.10. The molecule has 0 amide bonds. The maximum Gasteiger partial charge on any atom is 0.357 e. The van der Waals surface area contributed by atoms with Crippen LogP contribution in [-0.2, 0) is 4.74 Å². The zero-order chi connectivity index (χ0) is 18.7. The fourth-order valence-corrected chi connectivity index (χ4v) is 2.69. The summed E-state index contributed by atoms with van der Waals surface area (Å²) in [6.45, 7) is 6.23. The molecule has 5 nitrogen and oxygen atoms in total. The molecule has 0 atom stereocenters. The van der Waals surface area contributed by atoms with Gasteiger partial charge in [-0.1, -0.05) is 12.1 Å². The molecule has 134 valence electrons. The van der Waals surface area contributed by atoms with Gasteiger partial charge < -0.3 is 9.47 Å². The topological polar surface area (TPSA) is 53.3 Å². The van der Waals surface area contributed by atoms with Crippen molar-refractivity contribution in [3.63, 3.8) is 0 Å². The first kappa shape index (κ1) is 17.7. The van der Waals surface area contributed by atoms with E-state index in [-0.39, 0.29) is 0 Å². The standard InChI is InChI=1S/C21H22N2O3/c1-5-26-21(24)20-13-19(16-7-6-14(2)15(3)12-16)22-23(20)17-8-10-18(25-4)11-9-17/h6-13H,5H2,1-4H3. The van der Waals surface area contributed by atoms with Gasteiger partial charge in [0.1, 0.15) is 5.75 Å². The van der Waals surface area contributed by atoms with E-state index in [1.54, 1.807) is 24.8 Å². The van der Waals surface area contributed by atoms with Crippen LogP contribution in [0.3, 0.4) is 0 Å². The highest BCUT2D eigenvalue weighted by atomic mass is 16.5. The molecule has 0 saturated heterocycles. The van der Waals surface area contributed by atoms with E-state index in [0.29, 0.717) is 12.3 Å². The van der Waals surface area contributed by atoms with Crippen LogP contribution >= 0.6 is 0 Å². The Kier molecular flexibility index (Phi) is 5.07. The molecule has 0 fully saturated rings. The second kappa shape index (κ2) is 7.44. The van der Waals surface area contributed by atoms with Crippen molar-refractivity contribution in [3.05, 3.63) is 65.4 Å². The van der Waals surface area contributed by atoms with Gasteiger partial charge in [0.05, 0.1) is 25.1 Å². The Hall–Kier alpha value is -3.08. The maximum absolute atomic E-state index is 12.4. The molecule has 3 rings (SSSR count). The van der Waals surface area contributed by atoms with E-state index < -0.39 is 5.97 Å². The number of nitrogens with zero attached hydrogens (tertiary/aromatic N) is 2. The minimum atomic E-state index is -0.397. The number of rotatable bonds is 5. The van der Waals surface area contributed by atoms with Gasteiger partial charge in [-0.3, -0.25) is 0 Å². The molecular formula is C21H22N2O3. The molecule has 0 spiro atoms. The van der Waals surface area contributed by atoms with E-state index in [2.05, 4.69) is 31.1 Å². The highest BCUT2D eigenvalue weighted by molar-refractivity contribution is 5.89. The molecule has 0 aliphatic heterocycles. The van der Waals surface area contributed by atoms with Crippen LogP contribution in [-0.4, -0.2) is 29.5 Å². The summed E-state index contributed by atoms with van der Waals surface area (Å²) in [5.74, 6) is 0.346. The van der Waals surface area contributed by atoms with Crippen LogP contribution in [0.1, 0.15) is 28.5 Å². The Morgan fingerprint density at radius 2 is 1.77 bits per heavy atom. The van der Waals surface area contributed by atoms with Crippen molar-refractivity contribution in [2.75, 3.05) is 13.7 Å². The first-order chi connectivity index (χ1) is 12.5. The van der Waals surface area contributed by atoms with Gasteiger partial charge in [-0.15, -0.1) is 0 Å². The third-order valence-electron chi connectivity index (χ3n) is 4.31. The van der Waals surface area contributed by atoms with Crippen LogP contribution in [0.25, 0.3) is 16.9 Å². The molecule has 0 bridgehead atoms. The lowest BCUT2D eigenvalue weighted by Crippen LogP contribution is -2.11. The SMILES string of the molecule is CCOC(=O)c1cc(-c2ccc(C)c(C)c2)nn1-c1ccc(OC)cc1. The Bertz CT molecular complexity index is 927. The third kappa shape index (κ3) is 3.47. The van der Waals surface area contributed by atoms with E-state index >= 15 is 0 Å². The van der Waals surface area contributed by atoms with Gasteiger partial charge >= 0.3 is 5.97 Å². The van der Waals surface area contributed by atoms with Crippen molar-refractivity contribution in [1.29, 1.82) is 0 Å². The van der Waals surface area contributed by atoms with Crippen molar-refractivity contribution >= 4 is 5.97 Å². The molecule has 3 aromatic rings. The molecule has 0 N–H and O–H groups in total. The minimum Gasteiger partial charge on any atom is -0.497 e. The number of hydrogen-bond acceptors (Lipinski definition) is 4. The summed E-state index contributed by atoms with van der Waals surface area (Å²) in [5, 5.41) is 4.66. The van der Waals surface area contributed by atoms with Crippen LogP contribution in [0.4, 0.5) is 0 Å². The minimum absolute atomic E-state index is 0.311. The van der Waals surface area contributed by atoms with Crippen LogP contribution in [0.2, 0.25) is 0 Å². The number of methoxy groups -OCH3 is 1. The molecule has 5 heteroatoms. The number of aromatic nitrogens is 2. The molecular weight excluding hydrogens is 328 g/mol. The molecule has 0 aliphatic carbocycles. The summed E-state index contributed by atoms with van der Waals surface area (Å²) in [6.07, 6.45) is 0. The summed E-state index contributed by atoms with van der Waals surface area (Å²) in [6, 6.07) is 15.3. The molecule has 1 heterocycles. The Labute approximate surface area is 153 Å². The van der Waals surface area contributed by atoms with E-state index in [1.165, 1.54) is 11.1 Å². The number of carbonyl (C=O) groups excluding carboxylic acids is 1. The van der Waals surface area contributed by atoms with Crippen molar-refractivity contribution < 1.29 is 14.3 Å². The van der Waals surface area contributed by atoms with E-state index in [1.807, 2.05) is 30.3 Å². The third-order valence-corrected chi connectivity index (χ3v) is 4.31. The molecule has 0 unspecified atom stereocenters. The highest BCUT2D eigenvalue weighted by Crippen LogP contribution is 2.25. The first-order valence-corrected chi connectivity index (χ1v) is 8.52. The van der Waals surface area contributed by atoms with Gasteiger partial charge in [0.25, 0.3) is 0 Å². The second-order valence-electron chi connectivity index (χ2n) is 6.04. The van der Waals surface area contributed by atoms with E-state index in [0.717, 1.165) is 22.7 Å². The summed E-state index contributed by atoms with van der Waals surface area (Å²) >= 11 is 0. The zero-order valence-corrected chi connectivity index (χ0v) is 15.4. The van der Waals surface area contributed by atoms with E-state index in [9.17, 15) is 4.79 Å². The number of ether oxygens (including phenoxy) is 2. The van der Waals surface area contributed by atoms with Gasteiger partial charge in [0, 0.05) is 5.56 Å². The average Bonchev–Trinajstić information content (AvgIpc) is 3.10. The fraction of sp³-hybridized carbons (Fsp3) is 0.238. The number of esters is 1. The lowest BCUT2D eigenvalue weighted by Gasteiger charge is -2.07. The number of benzene rings is 2. The predicted octanol–water partition coefficient (Wildman–Crippen LogP) is 4.34. The van der Waals surface area contributed by atoms with Crippen molar-refractivity contribution in [1.82, 2.24) is 9.78 Å². The summed E-state index contributed by atoms with van der Waals surface area (Å²) < 4.78 is 12.0. The molecule has 0 saturated carbocycles. The molecule has 0 radical (unpaired) electrons. The van der Waals surface area contributed by atoms with Crippen LogP contribution in [0.15, 0.2) is 48.5 Å². The first-order valence-electron chi connectivity index (χ1n) is 8.52. The van der Waals surface area contributed by atoms with Crippen LogP contribution < -0.4 is 4.74 Å². The Morgan fingerprint density at radius 1 is 1.04 bits per heavy atom. The molecule has 1 aromatic heterocycles. The summed E-state index contributed by atoms with van der Waals surface area (Å²) in [4.78, 5) is 12.4. The normalized spacial score (nSPS) is 10.6. The van der Waals surface area contributed by atoms with E-state index in [4.69, 9.17) is 9.47 Å². The second-order valence-corrected chi connectivity index (χ2v) is 6.04. The number of carbonyl (C=O) groups is 1.